The average Bonchev–Trinajstić information content (AvgIpc) is 2.67. The highest BCUT2D eigenvalue weighted by Crippen LogP contribution is 2.40. The lowest BCUT2D eigenvalue weighted by Gasteiger charge is -2.36. The molecule has 26 heavy (non-hydrogen) atoms. The number of carbonyl (C=O) groups excluding carboxylic acids is 1. The van der Waals surface area contributed by atoms with Crippen molar-refractivity contribution in [3.05, 3.63) is 53.3 Å². The van der Waals surface area contributed by atoms with Crippen LogP contribution in [0.1, 0.15) is 29.8 Å². The van der Waals surface area contributed by atoms with Crippen LogP contribution in [0, 0.1) is 0 Å². The summed E-state index contributed by atoms with van der Waals surface area (Å²) in [6.45, 7) is 3.16. The first-order valence-corrected chi connectivity index (χ1v) is 8.73. The molecule has 3 rings (SSSR count). The molecule has 2 aromatic rings. The number of aromatic nitrogens is 1. The summed E-state index contributed by atoms with van der Waals surface area (Å²) < 4.78 is 16.1. The summed E-state index contributed by atoms with van der Waals surface area (Å²) in [4.78, 5) is 18.7. The van der Waals surface area contributed by atoms with E-state index in [0.29, 0.717) is 18.1 Å². The number of nitrogens with zero attached hydrogens (tertiary/aromatic N) is 2. The first kappa shape index (κ1) is 18.2. The molecule has 0 fully saturated rings. The Morgan fingerprint density at radius 1 is 1.23 bits per heavy atom. The van der Waals surface area contributed by atoms with Crippen LogP contribution in [-0.2, 0) is 16.0 Å². The van der Waals surface area contributed by atoms with E-state index < -0.39 is 0 Å². The monoisotopic (exact) mass is 356 g/mol. The van der Waals surface area contributed by atoms with Gasteiger partial charge in [-0.25, -0.2) is 0 Å². The number of rotatable bonds is 6. The molecular weight excluding hydrogens is 332 g/mol. The standard InChI is InChI=1S/C20H24N2O4/c1-4-26-19(23)13-22-10-8-14-11-17(24-2)18(25-3)12-15(14)20(22)16-7-5-6-9-21-16/h5-7,9,11-12,20H,4,8,10,13H2,1-3H3. The summed E-state index contributed by atoms with van der Waals surface area (Å²) in [7, 11) is 3.26. The van der Waals surface area contributed by atoms with Crippen LogP contribution in [0.15, 0.2) is 36.5 Å². The van der Waals surface area contributed by atoms with Gasteiger partial charge in [-0.15, -0.1) is 0 Å². The van der Waals surface area contributed by atoms with Crippen LogP contribution in [0.25, 0.3) is 0 Å². The van der Waals surface area contributed by atoms with Crippen molar-refractivity contribution in [1.29, 1.82) is 0 Å². The van der Waals surface area contributed by atoms with Crippen molar-refractivity contribution >= 4 is 5.97 Å². The molecule has 2 heterocycles. The van der Waals surface area contributed by atoms with E-state index in [0.717, 1.165) is 24.2 Å². The SMILES string of the molecule is CCOC(=O)CN1CCc2cc(OC)c(OC)cc2C1c1ccccn1. The quantitative estimate of drug-likeness (QED) is 0.742. The van der Waals surface area contributed by atoms with Gasteiger partial charge in [-0.05, 0) is 48.7 Å². The van der Waals surface area contributed by atoms with Crippen LogP contribution in [0.3, 0.4) is 0 Å². The van der Waals surface area contributed by atoms with Crippen LogP contribution >= 0.6 is 0 Å². The number of hydrogen-bond donors (Lipinski definition) is 0. The van der Waals surface area contributed by atoms with Crippen molar-refractivity contribution in [3.63, 3.8) is 0 Å². The summed E-state index contributed by atoms with van der Waals surface area (Å²) in [5.74, 6) is 1.16. The van der Waals surface area contributed by atoms with E-state index in [2.05, 4.69) is 9.88 Å². The molecule has 1 aliphatic rings. The normalized spacial score (nSPS) is 16.7. The third-order valence-corrected chi connectivity index (χ3v) is 4.58. The lowest BCUT2D eigenvalue weighted by Crippen LogP contribution is -2.40. The van der Waals surface area contributed by atoms with Gasteiger partial charge in [0, 0.05) is 12.7 Å². The van der Waals surface area contributed by atoms with Crippen LogP contribution < -0.4 is 9.47 Å². The number of carbonyl (C=O) groups is 1. The Morgan fingerprint density at radius 3 is 2.65 bits per heavy atom. The summed E-state index contributed by atoms with van der Waals surface area (Å²) in [5.41, 5.74) is 3.15. The second-order valence-corrected chi connectivity index (χ2v) is 6.09. The fourth-order valence-electron chi connectivity index (χ4n) is 3.42. The van der Waals surface area contributed by atoms with Gasteiger partial charge in [0.15, 0.2) is 11.5 Å². The van der Waals surface area contributed by atoms with E-state index in [1.165, 1.54) is 5.56 Å². The minimum atomic E-state index is -0.225. The maximum Gasteiger partial charge on any atom is 0.320 e. The Balaban J connectivity index is 2.04. The van der Waals surface area contributed by atoms with Crippen molar-refractivity contribution in [2.75, 3.05) is 33.9 Å². The van der Waals surface area contributed by atoms with Gasteiger partial charge in [-0.1, -0.05) is 6.07 Å². The largest absolute Gasteiger partial charge is 0.493 e. The molecule has 0 saturated carbocycles. The summed E-state index contributed by atoms with van der Waals surface area (Å²) >= 11 is 0. The summed E-state index contributed by atoms with van der Waals surface area (Å²) in [5, 5.41) is 0. The van der Waals surface area contributed by atoms with E-state index in [1.807, 2.05) is 37.3 Å². The Hall–Kier alpha value is -2.60. The molecular formula is C20H24N2O4. The molecule has 0 spiro atoms. The second-order valence-electron chi connectivity index (χ2n) is 6.09. The molecule has 6 nitrogen and oxygen atoms in total. The van der Waals surface area contributed by atoms with Gasteiger partial charge in [-0.3, -0.25) is 14.7 Å². The van der Waals surface area contributed by atoms with Crippen molar-refractivity contribution in [3.8, 4) is 11.5 Å². The third kappa shape index (κ3) is 3.65. The molecule has 0 aliphatic carbocycles. The van der Waals surface area contributed by atoms with Gasteiger partial charge < -0.3 is 14.2 Å². The fourth-order valence-corrected chi connectivity index (χ4v) is 3.42. The fraction of sp³-hybridized carbons (Fsp3) is 0.400. The lowest BCUT2D eigenvalue weighted by molar-refractivity contribution is -0.145. The summed E-state index contributed by atoms with van der Waals surface area (Å²) in [6.07, 6.45) is 2.59. The number of ether oxygens (including phenoxy) is 3. The van der Waals surface area contributed by atoms with Crippen molar-refractivity contribution in [1.82, 2.24) is 9.88 Å². The molecule has 1 aliphatic heterocycles. The van der Waals surface area contributed by atoms with E-state index in [-0.39, 0.29) is 18.6 Å². The molecule has 1 unspecified atom stereocenters. The van der Waals surface area contributed by atoms with E-state index in [9.17, 15) is 4.79 Å². The molecule has 0 N–H and O–H groups in total. The second kappa shape index (κ2) is 8.19. The van der Waals surface area contributed by atoms with E-state index in [4.69, 9.17) is 14.2 Å². The molecule has 1 aromatic carbocycles. The smallest absolute Gasteiger partial charge is 0.320 e. The zero-order valence-electron chi connectivity index (χ0n) is 15.4. The highest BCUT2D eigenvalue weighted by atomic mass is 16.5. The molecule has 1 atom stereocenters. The molecule has 138 valence electrons. The van der Waals surface area contributed by atoms with Gasteiger partial charge in [0.1, 0.15) is 0 Å². The first-order chi connectivity index (χ1) is 12.7. The van der Waals surface area contributed by atoms with Crippen molar-refractivity contribution < 1.29 is 19.0 Å². The highest BCUT2D eigenvalue weighted by Gasteiger charge is 2.32. The first-order valence-electron chi connectivity index (χ1n) is 8.73. The van der Waals surface area contributed by atoms with E-state index >= 15 is 0 Å². The lowest BCUT2D eigenvalue weighted by atomic mass is 9.89. The molecule has 0 radical (unpaired) electrons. The number of benzene rings is 1. The highest BCUT2D eigenvalue weighted by molar-refractivity contribution is 5.72. The predicted molar refractivity (Wildman–Crippen MR) is 97.5 cm³/mol. The van der Waals surface area contributed by atoms with Crippen molar-refractivity contribution in [2.45, 2.75) is 19.4 Å². The molecule has 0 bridgehead atoms. The van der Waals surface area contributed by atoms with Crippen LogP contribution in [0.2, 0.25) is 0 Å². The van der Waals surface area contributed by atoms with Crippen LogP contribution in [-0.4, -0.2) is 49.8 Å². The Morgan fingerprint density at radius 2 is 2.00 bits per heavy atom. The Kier molecular flexibility index (Phi) is 5.73. The molecule has 0 saturated heterocycles. The molecule has 0 amide bonds. The zero-order chi connectivity index (χ0) is 18.5. The number of hydrogen-bond acceptors (Lipinski definition) is 6. The Labute approximate surface area is 153 Å². The van der Waals surface area contributed by atoms with Gasteiger partial charge >= 0.3 is 5.97 Å². The van der Waals surface area contributed by atoms with Gasteiger partial charge in [-0.2, -0.15) is 0 Å². The number of fused-ring (bicyclic) bond motifs is 1. The number of esters is 1. The van der Waals surface area contributed by atoms with Crippen LogP contribution in [0.4, 0.5) is 0 Å². The third-order valence-electron chi connectivity index (χ3n) is 4.58. The predicted octanol–water partition coefficient (Wildman–Crippen LogP) is 2.61. The maximum atomic E-state index is 12.1. The topological polar surface area (TPSA) is 60.9 Å². The number of methoxy groups -OCH3 is 2. The minimum absolute atomic E-state index is 0.135. The molecule has 1 aromatic heterocycles. The van der Waals surface area contributed by atoms with Crippen molar-refractivity contribution in [2.24, 2.45) is 0 Å². The number of pyridine rings is 1. The Bertz CT molecular complexity index is 764. The summed E-state index contributed by atoms with van der Waals surface area (Å²) in [6, 6.07) is 9.70. The van der Waals surface area contributed by atoms with E-state index in [1.54, 1.807) is 20.4 Å². The molecule has 6 heteroatoms. The van der Waals surface area contributed by atoms with Gasteiger partial charge in [0.05, 0.1) is 39.1 Å². The maximum absolute atomic E-state index is 12.1. The average molecular weight is 356 g/mol. The van der Waals surface area contributed by atoms with Crippen LogP contribution in [0.5, 0.6) is 11.5 Å². The van der Waals surface area contributed by atoms with Gasteiger partial charge in [0.2, 0.25) is 0 Å². The minimum Gasteiger partial charge on any atom is -0.493 e. The van der Waals surface area contributed by atoms with Gasteiger partial charge in [0.25, 0.3) is 0 Å². The zero-order valence-corrected chi connectivity index (χ0v) is 15.4.